The number of likely N-dealkylation sites (tertiary alicyclic amines) is 1. The van der Waals surface area contributed by atoms with Crippen molar-refractivity contribution in [2.24, 2.45) is 0 Å². The molecule has 1 amide bonds. The van der Waals surface area contributed by atoms with Gasteiger partial charge in [-0.2, -0.15) is 0 Å². The van der Waals surface area contributed by atoms with Crippen LogP contribution in [0.1, 0.15) is 55.4 Å². The molecule has 1 fully saturated rings. The summed E-state index contributed by atoms with van der Waals surface area (Å²) in [5.41, 5.74) is 0.892. The molecule has 0 radical (unpaired) electrons. The number of carbonyl (C=O) groups excluding carboxylic acids is 1. The molecule has 0 bridgehead atoms. The van der Waals surface area contributed by atoms with Crippen molar-refractivity contribution in [3.8, 4) is 11.5 Å². The monoisotopic (exact) mass is 396 g/mol. The fourth-order valence-corrected chi connectivity index (χ4v) is 4.27. The number of rotatable bonds is 5. The Labute approximate surface area is 171 Å². The van der Waals surface area contributed by atoms with E-state index in [1.165, 1.54) is 12.8 Å². The summed E-state index contributed by atoms with van der Waals surface area (Å²) in [6, 6.07) is 5.62. The molecule has 154 valence electrons. The first kappa shape index (κ1) is 19.5. The molecule has 2 aliphatic rings. The number of fused-ring (bicyclic) bond motifs is 1. The number of amides is 1. The molecule has 0 aliphatic carbocycles. The lowest BCUT2D eigenvalue weighted by molar-refractivity contribution is -0.127. The minimum atomic E-state index is 0.00765. The smallest absolute Gasteiger partial charge is 0.247 e. The van der Waals surface area contributed by atoms with Gasteiger partial charge in [0.25, 0.3) is 0 Å². The van der Waals surface area contributed by atoms with Gasteiger partial charge in [0.05, 0.1) is 20.3 Å². The van der Waals surface area contributed by atoms with Crippen molar-refractivity contribution in [2.45, 2.75) is 51.1 Å². The van der Waals surface area contributed by atoms with Gasteiger partial charge in [-0.1, -0.05) is 12.5 Å². The maximum absolute atomic E-state index is 13.0. The number of nitrogens with zero attached hydrogens (tertiary/aromatic N) is 4. The van der Waals surface area contributed by atoms with Crippen LogP contribution < -0.4 is 9.47 Å². The van der Waals surface area contributed by atoms with Crippen LogP contribution in [0, 0.1) is 0 Å². The fourth-order valence-electron chi connectivity index (χ4n) is 4.27. The van der Waals surface area contributed by atoms with E-state index in [0.29, 0.717) is 11.5 Å². The third-order valence-corrected chi connectivity index (χ3v) is 5.80. The van der Waals surface area contributed by atoms with E-state index in [1.54, 1.807) is 20.3 Å². The van der Waals surface area contributed by atoms with Gasteiger partial charge in [0.15, 0.2) is 17.3 Å². The zero-order chi connectivity index (χ0) is 20.2. The highest BCUT2D eigenvalue weighted by Gasteiger charge is 2.33. The van der Waals surface area contributed by atoms with E-state index in [2.05, 4.69) is 14.8 Å². The molecule has 1 aromatic carbocycles. The van der Waals surface area contributed by atoms with Gasteiger partial charge in [-0.25, -0.2) is 0 Å². The second-order valence-corrected chi connectivity index (χ2v) is 7.57. The molecule has 7 heteroatoms. The van der Waals surface area contributed by atoms with Crippen LogP contribution in [-0.4, -0.2) is 46.3 Å². The molecule has 0 saturated carbocycles. The van der Waals surface area contributed by atoms with Gasteiger partial charge >= 0.3 is 0 Å². The van der Waals surface area contributed by atoms with Crippen molar-refractivity contribution in [3.05, 3.63) is 41.5 Å². The van der Waals surface area contributed by atoms with Crippen LogP contribution in [0.25, 0.3) is 6.08 Å². The molecule has 3 heterocycles. The number of aryl methyl sites for hydroxylation is 1. The summed E-state index contributed by atoms with van der Waals surface area (Å²) in [5.74, 6) is 3.34. The van der Waals surface area contributed by atoms with Gasteiger partial charge in [-0.3, -0.25) is 4.79 Å². The van der Waals surface area contributed by atoms with E-state index in [0.717, 1.165) is 56.0 Å². The second kappa shape index (κ2) is 8.68. The number of benzene rings is 1. The molecular weight excluding hydrogens is 368 g/mol. The van der Waals surface area contributed by atoms with Gasteiger partial charge in [-0.15, -0.1) is 10.2 Å². The third-order valence-electron chi connectivity index (χ3n) is 5.80. The second-order valence-electron chi connectivity index (χ2n) is 7.57. The number of carbonyl (C=O) groups is 1. The number of hydrogen-bond donors (Lipinski definition) is 0. The van der Waals surface area contributed by atoms with Gasteiger partial charge in [-0.05, 0) is 49.5 Å². The summed E-state index contributed by atoms with van der Waals surface area (Å²) in [4.78, 5) is 14.9. The number of hydrogen-bond acceptors (Lipinski definition) is 5. The summed E-state index contributed by atoms with van der Waals surface area (Å²) >= 11 is 0. The Hall–Kier alpha value is -2.83. The van der Waals surface area contributed by atoms with Crippen LogP contribution in [0.3, 0.4) is 0 Å². The molecule has 1 unspecified atom stereocenters. The predicted molar refractivity (Wildman–Crippen MR) is 110 cm³/mol. The van der Waals surface area contributed by atoms with Crippen LogP contribution in [0.4, 0.5) is 0 Å². The lowest BCUT2D eigenvalue weighted by Gasteiger charge is -2.23. The Balaban J connectivity index is 1.51. The summed E-state index contributed by atoms with van der Waals surface area (Å²) in [5, 5.41) is 8.89. The molecule has 1 saturated heterocycles. The van der Waals surface area contributed by atoms with E-state index in [9.17, 15) is 4.79 Å². The summed E-state index contributed by atoms with van der Waals surface area (Å²) < 4.78 is 12.9. The Kier molecular flexibility index (Phi) is 5.83. The zero-order valence-electron chi connectivity index (χ0n) is 17.1. The van der Waals surface area contributed by atoms with Gasteiger partial charge < -0.3 is 18.9 Å². The Bertz CT molecular complexity index is 905. The topological polar surface area (TPSA) is 69.5 Å². The largest absolute Gasteiger partial charge is 0.493 e. The molecule has 2 aliphatic heterocycles. The summed E-state index contributed by atoms with van der Waals surface area (Å²) in [7, 11) is 3.21. The first-order valence-corrected chi connectivity index (χ1v) is 10.3. The van der Waals surface area contributed by atoms with Crippen molar-refractivity contribution in [1.82, 2.24) is 19.7 Å². The SMILES string of the molecule is COc1ccc(/C=C/C(=O)N2CCCC2c2nnc3n2CCCCC3)cc1OC. The molecule has 0 N–H and O–H groups in total. The highest BCUT2D eigenvalue weighted by molar-refractivity contribution is 5.92. The number of ether oxygens (including phenoxy) is 2. The Morgan fingerprint density at radius 2 is 1.93 bits per heavy atom. The lowest BCUT2D eigenvalue weighted by atomic mass is 10.1. The highest BCUT2D eigenvalue weighted by atomic mass is 16.5. The highest BCUT2D eigenvalue weighted by Crippen LogP contribution is 2.33. The van der Waals surface area contributed by atoms with Crippen LogP contribution >= 0.6 is 0 Å². The summed E-state index contributed by atoms with van der Waals surface area (Å²) in [6.07, 6.45) is 9.91. The van der Waals surface area contributed by atoms with Crippen molar-refractivity contribution >= 4 is 12.0 Å². The minimum absolute atomic E-state index is 0.00765. The van der Waals surface area contributed by atoms with Crippen molar-refractivity contribution in [3.63, 3.8) is 0 Å². The van der Waals surface area contributed by atoms with E-state index in [-0.39, 0.29) is 11.9 Å². The first-order valence-electron chi connectivity index (χ1n) is 10.3. The Morgan fingerprint density at radius 1 is 1.07 bits per heavy atom. The molecule has 29 heavy (non-hydrogen) atoms. The van der Waals surface area contributed by atoms with E-state index in [4.69, 9.17) is 9.47 Å². The molecule has 1 aromatic heterocycles. The zero-order valence-corrected chi connectivity index (χ0v) is 17.1. The standard InChI is InChI=1S/C22H28N4O3/c1-28-18-11-9-16(15-19(18)29-2)10-12-21(27)25-14-6-7-17(25)22-24-23-20-8-4-3-5-13-26(20)22/h9-12,15,17H,3-8,13-14H2,1-2H3/b12-10+. The average Bonchev–Trinajstić information content (AvgIpc) is 3.32. The molecule has 0 spiro atoms. The van der Waals surface area contributed by atoms with Crippen LogP contribution in [0.2, 0.25) is 0 Å². The number of aromatic nitrogens is 3. The van der Waals surface area contributed by atoms with E-state index in [1.807, 2.05) is 29.2 Å². The number of methoxy groups -OCH3 is 2. The maximum Gasteiger partial charge on any atom is 0.247 e. The fraction of sp³-hybridized carbons (Fsp3) is 0.500. The Morgan fingerprint density at radius 3 is 2.76 bits per heavy atom. The van der Waals surface area contributed by atoms with Gasteiger partial charge in [0.1, 0.15) is 5.82 Å². The minimum Gasteiger partial charge on any atom is -0.493 e. The molecule has 1 atom stereocenters. The molecule has 4 rings (SSSR count). The summed E-state index contributed by atoms with van der Waals surface area (Å²) in [6.45, 7) is 1.71. The molecule has 2 aromatic rings. The van der Waals surface area contributed by atoms with Crippen LogP contribution in [-0.2, 0) is 17.8 Å². The van der Waals surface area contributed by atoms with Crippen molar-refractivity contribution in [2.75, 3.05) is 20.8 Å². The van der Waals surface area contributed by atoms with E-state index < -0.39 is 0 Å². The van der Waals surface area contributed by atoms with Gasteiger partial charge in [0.2, 0.25) is 5.91 Å². The van der Waals surface area contributed by atoms with Crippen molar-refractivity contribution < 1.29 is 14.3 Å². The molecular formula is C22H28N4O3. The molecule has 7 nitrogen and oxygen atoms in total. The quantitative estimate of drug-likeness (QED) is 0.725. The van der Waals surface area contributed by atoms with Gasteiger partial charge in [0, 0.05) is 25.6 Å². The van der Waals surface area contributed by atoms with Crippen LogP contribution in [0.15, 0.2) is 24.3 Å². The average molecular weight is 396 g/mol. The predicted octanol–water partition coefficient (Wildman–Crippen LogP) is 3.40. The first-order chi connectivity index (χ1) is 14.2. The van der Waals surface area contributed by atoms with Crippen LogP contribution in [0.5, 0.6) is 11.5 Å². The lowest BCUT2D eigenvalue weighted by Crippen LogP contribution is -2.30. The maximum atomic E-state index is 13.0. The van der Waals surface area contributed by atoms with E-state index >= 15 is 0 Å². The van der Waals surface area contributed by atoms with Crippen molar-refractivity contribution in [1.29, 1.82) is 0 Å². The normalized spacial score (nSPS) is 19.2. The third kappa shape index (κ3) is 3.99.